The zero-order chi connectivity index (χ0) is 12.1. The Balaban J connectivity index is 4.22. The smallest absolute Gasteiger partial charge is 0.211 e. The number of hydrogen-bond acceptors (Lipinski definition) is 4. The molecule has 0 aromatic carbocycles. The highest BCUT2D eigenvalue weighted by Gasteiger charge is 2.19. The van der Waals surface area contributed by atoms with Crippen molar-refractivity contribution in [1.82, 2.24) is 4.31 Å². The molecule has 2 atom stereocenters. The summed E-state index contributed by atoms with van der Waals surface area (Å²) in [6.07, 6.45) is 1.56. The van der Waals surface area contributed by atoms with Crippen LogP contribution in [0.4, 0.5) is 0 Å². The van der Waals surface area contributed by atoms with Gasteiger partial charge in [0, 0.05) is 14.2 Å². The van der Waals surface area contributed by atoms with Gasteiger partial charge < -0.3 is 9.47 Å². The van der Waals surface area contributed by atoms with Crippen molar-refractivity contribution in [2.75, 3.05) is 27.0 Å². The first-order valence-electron chi connectivity index (χ1n) is 4.90. The molecule has 0 N–H and O–H groups in total. The molecule has 0 unspecified atom stereocenters. The van der Waals surface area contributed by atoms with Gasteiger partial charge in [0.2, 0.25) is 10.0 Å². The molecule has 0 bridgehead atoms. The Morgan fingerprint density at radius 2 is 1.93 bits per heavy atom. The van der Waals surface area contributed by atoms with Gasteiger partial charge in [0.25, 0.3) is 0 Å². The topological polar surface area (TPSA) is 55.8 Å². The summed E-state index contributed by atoms with van der Waals surface area (Å²) in [4.78, 5) is 0. The van der Waals surface area contributed by atoms with Crippen molar-refractivity contribution < 1.29 is 17.9 Å². The minimum Gasteiger partial charge on any atom is -0.354 e. The summed E-state index contributed by atoms with van der Waals surface area (Å²) in [6, 6.07) is 0. The molecule has 5 nitrogen and oxygen atoms in total. The van der Waals surface area contributed by atoms with E-state index in [1.165, 1.54) is 18.5 Å². The van der Waals surface area contributed by atoms with Crippen LogP contribution in [0.5, 0.6) is 0 Å². The van der Waals surface area contributed by atoms with Gasteiger partial charge in [-0.3, -0.25) is 0 Å². The summed E-state index contributed by atoms with van der Waals surface area (Å²) in [6.45, 7) is 4.13. The third-order valence-electron chi connectivity index (χ3n) is 2.19. The molecule has 15 heavy (non-hydrogen) atoms. The number of nitrogens with zero attached hydrogens (tertiary/aromatic N) is 1. The van der Waals surface area contributed by atoms with Crippen molar-refractivity contribution >= 4 is 10.0 Å². The second kappa shape index (κ2) is 6.42. The molecule has 0 aliphatic rings. The van der Waals surface area contributed by atoms with Gasteiger partial charge in [-0.25, -0.2) is 12.7 Å². The van der Waals surface area contributed by atoms with Crippen molar-refractivity contribution in [3.8, 4) is 0 Å². The van der Waals surface area contributed by atoms with E-state index in [2.05, 4.69) is 0 Å². The molecule has 0 heterocycles. The predicted octanol–water partition coefficient (Wildman–Crippen LogP) is 0.665. The Labute approximate surface area is 92.4 Å². The van der Waals surface area contributed by atoms with E-state index in [9.17, 15) is 8.42 Å². The number of methoxy groups -OCH3 is 1. The van der Waals surface area contributed by atoms with Crippen LogP contribution in [-0.2, 0) is 19.5 Å². The van der Waals surface area contributed by atoms with Crippen LogP contribution >= 0.6 is 0 Å². The Hall–Kier alpha value is -0.170. The van der Waals surface area contributed by atoms with E-state index in [0.29, 0.717) is 0 Å². The summed E-state index contributed by atoms with van der Waals surface area (Å²) in [7, 11) is -0.173. The average Bonchev–Trinajstić information content (AvgIpc) is 2.14. The number of likely N-dealkylation sites (N-methyl/N-ethyl adjacent to an activating group) is 1. The van der Waals surface area contributed by atoms with Gasteiger partial charge in [-0.1, -0.05) is 6.92 Å². The maximum atomic E-state index is 11.2. The molecule has 0 rings (SSSR count). The Morgan fingerprint density at radius 1 is 1.40 bits per heavy atom. The summed E-state index contributed by atoms with van der Waals surface area (Å²) >= 11 is 0. The van der Waals surface area contributed by atoms with Crippen molar-refractivity contribution in [2.45, 2.75) is 32.7 Å². The van der Waals surface area contributed by atoms with Crippen LogP contribution in [0.1, 0.15) is 20.3 Å². The Morgan fingerprint density at radius 3 is 2.27 bits per heavy atom. The molecular formula is C9H21NO4S. The second-order valence-corrected chi connectivity index (χ2v) is 5.65. The summed E-state index contributed by atoms with van der Waals surface area (Å²) in [5.74, 6) is 0. The molecule has 0 amide bonds. The van der Waals surface area contributed by atoms with Crippen LogP contribution in [0.2, 0.25) is 0 Å². The molecule has 0 radical (unpaired) electrons. The molecular weight excluding hydrogens is 218 g/mol. The lowest BCUT2D eigenvalue weighted by atomic mass is 10.3. The van der Waals surface area contributed by atoms with Crippen LogP contribution < -0.4 is 0 Å². The molecule has 0 spiro atoms. The molecule has 0 aliphatic carbocycles. The van der Waals surface area contributed by atoms with Gasteiger partial charge in [-0.2, -0.15) is 0 Å². The highest BCUT2D eigenvalue weighted by Crippen LogP contribution is 2.06. The fraction of sp³-hybridized carbons (Fsp3) is 1.00. The van der Waals surface area contributed by atoms with Crippen LogP contribution in [0, 0.1) is 0 Å². The van der Waals surface area contributed by atoms with E-state index in [1.54, 1.807) is 0 Å². The highest BCUT2D eigenvalue weighted by atomic mass is 32.2. The lowest BCUT2D eigenvalue weighted by molar-refractivity contribution is -0.153. The van der Waals surface area contributed by atoms with Gasteiger partial charge in [0.15, 0.2) is 6.29 Å². The van der Waals surface area contributed by atoms with Crippen LogP contribution in [0.3, 0.4) is 0 Å². The summed E-state index contributed by atoms with van der Waals surface area (Å²) < 4.78 is 34.1. The molecule has 0 saturated carbocycles. The predicted molar refractivity (Wildman–Crippen MR) is 59.1 cm³/mol. The van der Waals surface area contributed by atoms with Crippen molar-refractivity contribution in [1.29, 1.82) is 0 Å². The van der Waals surface area contributed by atoms with Gasteiger partial charge in [-0.05, 0) is 13.3 Å². The minimum atomic E-state index is -3.18. The van der Waals surface area contributed by atoms with E-state index >= 15 is 0 Å². The first-order valence-corrected chi connectivity index (χ1v) is 6.75. The van der Waals surface area contributed by atoms with E-state index in [-0.39, 0.29) is 12.6 Å². The quantitative estimate of drug-likeness (QED) is 0.613. The van der Waals surface area contributed by atoms with Gasteiger partial charge >= 0.3 is 0 Å². The van der Waals surface area contributed by atoms with Gasteiger partial charge in [-0.15, -0.1) is 0 Å². The fourth-order valence-corrected chi connectivity index (χ4v) is 1.27. The number of hydrogen-bond donors (Lipinski definition) is 0. The maximum Gasteiger partial charge on any atom is 0.211 e. The first kappa shape index (κ1) is 14.8. The molecule has 0 aromatic rings. The van der Waals surface area contributed by atoms with Crippen molar-refractivity contribution in [3.05, 3.63) is 0 Å². The molecule has 0 fully saturated rings. The first-order chi connectivity index (χ1) is 6.81. The fourth-order valence-electron chi connectivity index (χ4n) is 0.874. The number of rotatable bonds is 7. The average molecular weight is 239 g/mol. The third-order valence-corrected chi connectivity index (χ3v) is 3.48. The zero-order valence-corrected chi connectivity index (χ0v) is 10.9. The molecule has 6 heteroatoms. The van der Waals surface area contributed by atoms with Crippen molar-refractivity contribution in [3.63, 3.8) is 0 Å². The summed E-state index contributed by atoms with van der Waals surface area (Å²) in [5.41, 5.74) is 0. The van der Waals surface area contributed by atoms with E-state index in [0.717, 1.165) is 12.7 Å². The van der Waals surface area contributed by atoms with Crippen LogP contribution in [0.15, 0.2) is 0 Å². The molecule has 0 aromatic heterocycles. The third kappa shape index (κ3) is 6.09. The lowest BCUT2D eigenvalue weighted by Crippen LogP contribution is -2.37. The number of sulfonamides is 1. The van der Waals surface area contributed by atoms with E-state index in [1.807, 2.05) is 13.8 Å². The zero-order valence-electron chi connectivity index (χ0n) is 10.1. The summed E-state index contributed by atoms with van der Waals surface area (Å²) in [5, 5.41) is 0. The largest absolute Gasteiger partial charge is 0.354 e. The Bertz CT molecular complexity index is 265. The normalized spacial score (nSPS) is 16.7. The van der Waals surface area contributed by atoms with Crippen molar-refractivity contribution in [2.24, 2.45) is 0 Å². The van der Waals surface area contributed by atoms with Crippen LogP contribution in [0.25, 0.3) is 0 Å². The molecule has 92 valence electrons. The highest BCUT2D eigenvalue weighted by molar-refractivity contribution is 7.88. The van der Waals surface area contributed by atoms with E-state index in [4.69, 9.17) is 9.47 Å². The SMILES string of the molecule is CC[C@H](C)O[C@@H](CN(C)S(C)(=O)=O)OC. The number of ether oxygens (including phenoxy) is 2. The van der Waals surface area contributed by atoms with E-state index < -0.39 is 16.3 Å². The second-order valence-electron chi connectivity index (χ2n) is 3.56. The van der Waals surface area contributed by atoms with Crippen LogP contribution in [-0.4, -0.2) is 52.1 Å². The molecule has 0 saturated heterocycles. The van der Waals surface area contributed by atoms with Gasteiger partial charge in [0.05, 0.1) is 18.9 Å². The lowest BCUT2D eigenvalue weighted by Gasteiger charge is -2.24. The van der Waals surface area contributed by atoms with Gasteiger partial charge in [0.1, 0.15) is 0 Å². The Kier molecular flexibility index (Phi) is 6.35. The monoisotopic (exact) mass is 239 g/mol. The molecule has 0 aliphatic heterocycles. The minimum absolute atomic E-state index is 0.0583. The standard InChI is InChI=1S/C9H21NO4S/c1-6-8(2)14-9(13-4)7-10(3)15(5,11)12/h8-9H,6-7H2,1-5H3/t8-,9-/m0/s1. The maximum absolute atomic E-state index is 11.2.